The second kappa shape index (κ2) is 11.7. The Morgan fingerprint density at radius 3 is 2.54 bits per heavy atom. The summed E-state index contributed by atoms with van der Waals surface area (Å²) in [5.74, 6) is -0.330. The van der Waals surface area contributed by atoms with E-state index in [1.807, 2.05) is 13.1 Å². The number of nitrogens with one attached hydrogen (secondary N) is 1. The second-order valence-electron chi connectivity index (χ2n) is 11.5. The quantitative estimate of drug-likeness (QED) is 0.449. The van der Waals surface area contributed by atoms with Gasteiger partial charge in [0.25, 0.3) is 0 Å². The number of carbonyl (C=O) groups excluding carboxylic acids is 2. The minimum absolute atomic E-state index is 0. The minimum atomic E-state index is -0.445. The molecule has 1 amide bonds. The number of ether oxygens (including phenoxy) is 1. The molecule has 1 saturated heterocycles. The first-order valence-corrected chi connectivity index (χ1v) is 12.9. The predicted octanol–water partition coefficient (Wildman–Crippen LogP) is 5.92. The number of aryl methyl sites for hydroxylation is 1. The lowest BCUT2D eigenvalue weighted by atomic mass is 9.68. The lowest BCUT2D eigenvalue weighted by Gasteiger charge is -2.43. The van der Waals surface area contributed by atoms with Gasteiger partial charge in [-0.1, -0.05) is 65.3 Å². The summed E-state index contributed by atoms with van der Waals surface area (Å²) in [6.07, 6.45) is 4.34. The highest BCUT2D eigenvalue weighted by Gasteiger charge is 2.46. The first kappa shape index (κ1) is 29.7. The number of carbonyl (C=O) groups is 2. The van der Waals surface area contributed by atoms with Gasteiger partial charge in [0.2, 0.25) is 5.91 Å². The van der Waals surface area contributed by atoms with Crippen LogP contribution in [0.4, 0.5) is 0 Å². The zero-order chi connectivity index (χ0) is 25.3. The molecule has 2 aliphatic rings. The van der Waals surface area contributed by atoms with Crippen LogP contribution in [0.2, 0.25) is 5.02 Å². The Labute approximate surface area is 222 Å². The van der Waals surface area contributed by atoms with Gasteiger partial charge in [-0.3, -0.25) is 9.59 Å². The molecule has 2 aliphatic heterocycles. The van der Waals surface area contributed by atoms with Gasteiger partial charge in [0.05, 0.1) is 18.6 Å². The van der Waals surface area contributed by atoms with Crippen LogP contribution in [-0.4, -0.2) is 42.5 Å². The summed E-state index contributed by atoms with van der Waals surface area (Å²) in [5.41, 5.74) is 3.20. The van der Waals surface area contributed by atoms with Gasteiger partial charge in [-0.15, -0.1) is 12.4 Å². The third-order valence-electron chi connectivity index (χ3n) is 7.29. The van der Waals surface area contributed by atoms with Crippen LogP contribution < -0.4 is 5.32 Å². The average molecular weight is 526 g/mol. The summed E-state index contributed by atoms with van der Waals surface area (Å²) in [5, 5.41) is 4.04. The standard InChI is InChI=1S/C28H41ClN2O3.ClH/c1-8-34-26(33)21-15-30-16-24(21)31-17-22(18(2)3)28(7,14-25(31)32)20-10-9-19(23(29)13-20)11-12-27(4,5)6;/h9-10,13,17-18,21,24,30H,8,11-12,14-16H2,1-7H3;1H/t21?,24?,28-;/m0./s1. The molecular weight excluding hydrogens is 483 g/mol. The van der Waals surface area contributed by atoms with E-state index >= 15 is 0 Å². The van der Waals surface area contributed by atoms with Crippen molar-refractivity contribution < 1.29 is 14.3 Å². The molecule has 2 unspecified atom stereocenters. The molecule has 7 heteroatoms. The van der Waals surface area contributed by atoms with Crippen molar-refractivity contribution in [2.75, 3.05) is 19.7 Å². The molecule has 196 valence electrons. The first-order valence-electron chi connectivity index (χ1n) is 12.6. The van der Waals surface area contributed by atoms with Crippen LogP contribution in [0.3, 0.4) is 0 Å². The van der Waals surface area contributed by atoms with Crippen LogP contribution in [0.1, 0.15) is 72.4 Å². The molecule has 0 aliphatic carbocycles. The Bertz CT molecular complexity index is 954. The van der Waals surface area contributed by atoms with Gasteiger partial charge in [0, 0.05) is 36.1 Å². The van der Waals surface area contributed by atoms with Crippen molar-refractivity contribution >= 4 is 35.9 Å². The smallest absolute Gasteiger partial charge is 0.312 e. The van der Waals surface area contributed by atoms with Crippen LogP contribution in [0.5, 0.6) is 0 Å². The number of halogens is 2. The second-order valence-corrected chi connectivity index (χ2v) is 11.9. The number of hydrogen-bond donors (Lipinski definition) is 1. The zero-order valence-corrected chi connectivity index (χ0v) is 23.8. The van der Waals surface area contributed by atoms with Crippen molar-refractivity contribution in [1.29, 1.82) is 0 Å². The lowest BCUT2D eigenvalue weighted by Crippen LogP contribution is -2.50. The van der Waals surface area contributed by atoms with Crippen LogP contribution in [0.25, 0.3) is 0 Å². The number of hydrogen-bond acceptors (Lipinski definition) is 4. The van der Waals surface area contributed by atoms with Gasteiger partial charge in [-0.2, -0.15) is 0 Å². The van der Waals surface area contributed by atoms with Crippen molar-refractivity contribution in [3.8, 4) is 0 Å². The predicted molar refractivity (Wildman–Crippen MR) is 145 cm³/mol. The highest BCUT2D eigenvalue weighted by molar-refractivity contribution is 6.31. The number of benzene rings is 1. The maximum Gasteiger partial charge on any atom is 0.312 e. The number of nitrogens with zero attached hydrogens (tertiary/aromatic N) is 1. The van der Waals surface area contributed by atoms with E-state index in [-0.39, 0.29) is 47.6 Å². The van der Waals surface area contributed by atoms with Gasteiger partial charge >= 0.3 is 5.97 Å². The molecule has 0 radical (unpaired) electrons. The topological polar surface area (TPSA) is 58.6 Å². The molecular formula is C28H42Cl2N2O3. The fraction of sp³-hybridized carbons (Fsp3) is 0.643. The third kappa shape index (κ3) is 6.61. The molecule has 1 aromatic carbocycles. The van der Waals surface area contributed by atoms with Crippen molar-refractivity contribution in [1.82, 2.24) is 10.2 Å². The minimum Gasteiger partial charge on any atom is -0.466 e. The number of rotatable bonds is 7. The van der Waals surface area contributed by atoms with Gasteiger partial charge < -0.3 is 15.0 Å². The van der Waals surface area contributed by atoms with Gasteiger partial charge in [0.15, 0.2) is 0 Å². The molecule has 0 aromatic heterocycles. The Balaban J connectivity index is 0.00000432. The van der Waals surface area contributed by atoms with Crippen molar-refractivity contribution in [2.24, 2.45) is 17.3 Å². The summed E-state index contributed by atoms with van der Waals surface area (Å²) in [6, 6.07) is 6.09. The largest absolute Gasteiger partial charge is 0.466 e. The maximum absolute atomic E-state index is 13.5. The summed E-state index contributed by atoms with van der Waals surface area (Å²) >= 11 is 6.74. The van der Waals surface area contributed by atoms with Crippen LogP contribution in [0.15, 0.2) is 30.0 Å². The van der Waals surface area contributed by atoms with E-state index in [1.54, 1.807) is 4.90 Å². The molecule has 3 atom stereocenters. The summed E-state index contributed by atoms with van der Waals surface area (Å²) < 4.78 is 5.28. The van der Waals surface area contributed by atoms with E-state index in [0.29, 0.717) is 26.1 Å². The zero-order valence-electron chi connectivity index (χ0n) is 22.2. The highest BCUT2D eigenvalue weighted by Crippen LogP contribution is 2.44. The Morgan fingerprint density at radius 2 is 1.97 bits per heavy atom. The number of allylic oxidation sites excluding steroid dienone is 1. The SMILES string of the molecule is CCOC(=O)C1CNCC1N1C=C(C(C)C)[C@](C)(c2ccc(CCC(C)(C)C)c(Cl)c2)CC1=O.Cl. The Morgan fingerprint density at radius 1 is 1.29 bits per heavy atom. The summed E-state index contributed by atoms with van der Waals surface area (Å²) in [6.45, 7) is 16.4. The molecule has 3 rings (SSSR count). The number of esters is 1. The fourth-order valence-electron chi connectivity index (χ4n) is 5.25. The van der Waals surface area contributed by atoms with E-state index in [9.17, 15) is 9.59 Å². The average Bonchev–Trinajstić information content (AvgIpc) is 3.21. The van der Waals surface area contributed by atoms with E-state index in [1.165, 1.54) is 5.57 Å². The Hall–Kier alpha value is -1.56. The molecule has 1 fully saturated rings. The van der Waals surface area contributed by atoms with E-state index in [4.69, 9.17) is 16.3 Å². The van der Waals surface area contributed by atoms with Gasteiger partial charge in [-0.25, -0.2) is 0 Å². The third-order valence-corrected chi connectivity index (χ3v) is 7.65. The summed E-state index contributed by atoms with van der Waals surface area (Å²) in [7, 11) is 0. The number of amides is 1. The van der Waals surface area contributed by atoms with Crippen molar-refractivity contribution in [2.45, 2.75) is 79.2 Å². The summed E-state index contributed by atoms with van der Waals surface area (Å²) in [4.78, 5) is 27.8. The molecule has 1 N–H and O–H groups in total. The van der Waals surface area contributed by atoms with Crippen LogP contribution >= 0.6 is 24.0 Å². The van der Waals surface area contributed by atoms with Crippen LogP contribution in [-0.2, 0) is 26.2 Å². The van der Waals surface area contributed by atoms with Gasteiger partial charge in [-0.05, 0) is 53.9 Å². The van der Waals surface area contributed by atoms with Crippen LogP contribution in [0, 0.1) is 17.3 Å². The monoisotopic (exact) mass is 524 g/mol. The lowest BCUT2D eigenvalue weighted by molar-refractivity contribution is -0.149. The van der Waals surface area contributed by atoms with E-state index in [2.05, 4.69) is 65.1 Å². The van der Waals surface area contributed by atoms with Gasteiger partial charge in [0.1, 0.15) is 0 Å². The normalized spacial score (nSPS) is 24.9. The molecule has 1 aromatic rings. The Kier molecular flexibility index (Phi) is 9.88. The molecule has 35 heavy (non-hydrogen) atoms. The van der Waals surface area contributed by atoms with Crippen molar-refractivity contribution in [3.05, 3.63) is 46.1 Å². The highest BCUT2D eigenvalue weighted by atomic mass is 35.5. The molecule has 2 heterocycles. The van der Waals surface area contributed by atoms with E-state index in [0.717, 1.165) is 29.0 Å². The molecule has 0 bridgehead atoms. The fourth-order valence-corrected chi connectivity index (χ4v) is 5.52. The first-order chi connectivity index (χ1) is 15.9. The molecule has 0 spiro atoms. The maximum atomic E-state index is 13.5. The molecule has 0 saturated carbocycles. The van der Waals surface area contributed by atoms with E-state index < -0.39 is 5.41 Å². The molecule has 5 nitrogen and oxygen atoms in total. The van der Waals surface area contributed by atoms with Crippen molar-refractivity contribution in [3.63, 3.8) is 0 Å².